The van der Waals surface area contributed by atoms with E-state index in [1.54, 1.807) is 0 Å². The Hall–Kier alpha value is -0.720. The van der Waals surface area contributed by atoms with E-state index in [-0.39, 0.29) is 0 Å². The molecular formula is C12H21N. The van der Waals surface area contributed by atoms with Crippen LogP contribution in [-0.4, -0.2) is 17.5 Å². The minimum absolute atomic E-state index is 0.589. The Morgan fingerprint density at radius 2 is 2.00 bits per heavy atom. The summed E-state index contributed by atoms with van der Waals surface area (Å²) in [4.78, 5) is 2.41. The molecule has 0 aromatic rings. The zero-order chi connectivity index (χ0) is 9.52. The zero-order valence-corrected chi connectivity index (χ0v) is 8.87. The van der Waals surface area contributed by atoms with E-state index in [2.05, 4.69) is 43.2 Å². The van der Waals surface area contributed by atoms with Crippen LogP contribution in [0, 0.1) is 0 Å². The summed E-state index contributed by atoms with van der Waals surface area (Å²) in [6.45, 7) is 5.72. The molecule has 1 atom stereocenters. The van der Waals surface area contributed by atoms with Crippen molar-refractivity contribution in [3.63, 3.8) is 0 Å². The summed E-state index contributed by atoms with van der Waals surface area (Å²) in [6, 6.07) is 0.589. The first kappa shape index (κ1) is 10.4. The Morgan fingerprint density at radius 3 is 2.69 bits per heavy atom. The first-order valence-electron chi connectivity index (χ1n) is 5.45. The Kier molecular flexibility index (Phi) is 4.66. The minimum Gasteiger partial charge on any atom is -0.371 e. The average Bonchev–Trinajstić information content (AvgIpc) is 2.15. The normalized spacial score (nSPS) is 21.1. The van der Waals surface area contributed by atoms with Crippen molar-refractivity contribution >= 4 is 0 Å². The van der Waals surface area contributed by atoms with E-state index in [0.29, 0.717) is 6.04 Å². The molecule has 0 N–H and O–H groups in total. The highest BCUT2D eigenvalue weighted by atomic mass is 15.1. The number of unbranched alkanes of at least 4 members (excludes halogenated alkanes) is 3. The van der Waals surface area contributed by atoms with Gasteiger partial charge in [0.1, 0.15) is 0 Å². The highest BCUT2D eigenvalue weighted by Gasteiger charge is 2.07. The standard InChI is InChI=1S/C12H21N/c1-3-4-5-7-10-13-11-8-6-9-12(13)2/h6,8-9,11-12H,3-5,7,10H2,1-2H3. The van der Waals surface area contributed by atoms with Gasteiger partial charge in [-0.3, -0.25) is 0 Å². The molecule has 0 aromatic heterocycles. The van der Waals surface area contributed by atoms with E-state index in [0.717, 1.165) is 0 Å². The summed E-state index contributed by atoms with van der Waals surface area (Å²) in [7, 11) is 0. The number of hydrogen-bond acceptors (Lipinski definition) is 1. The van der Waals surface area contributed by atoms with Gasteiger partial charge in [-0.05, 0) is 25.6 Å². The molecule has 0 saturated heterocycles. The molecule has 0 saturated carbocycles. The topological polar surface area (TPSA) is 3.24 Å². The van der Waals surface area contributed by atoms with Crippen molar-refractivity contribution in [3.05, 3.63) is 24.4 Å². The summed E-state index contributed by atoms with van der Waals surface area (Å²) in [5, 5.41) is 0. The van der Waals surface area contributed by atoms with Gasteiger partial charge in [0.25, 0.3) is 0 Å². The fraction of sp³-hybridized carbons (Fsp3) is 0.667. The van der Waals surface area contributed by atoms with Gasteiger partial charge in [-0.1, -0.05) is 38.3 Å². The molecule has 1 aliphatic rings. The molecule has 1 heteroatoms. The maximum Gasteiger partial charge on any atom is 0.0442 e. The van der Waals surface area contributed by atoms with Crippen LogP contribution < -0.4 is 0 Å². The molecule has 0 aliphatic carbocycles. The van der Waals surface area contributed by atoms with E-state index in [9.17, 15) is 0 Å². The molecule has 0 radical (unpaired) electrons. The summed E-state index contributed by atoms with van der Waals surface area (Å²) in [5.74, 6) is 0. The van der Waals surface area contributed by atoms with E-state index in [1.165, 1.54) is 32.2 Å². The predicted octanol–water partition coefficient (Wildman–Crippen LogP) is 3.34. The van der Waals surface area contributed by atoms with Crippen LogP contribution in [0.25, 0.3) is 0 Å². The maximum atomic E-state index is 2.41. The lowest BCUT2D eigenvalue weighted by molar-refractivity contribution is 0.323. The van der Waals surface area contributed by atoms with Gasteiger partial charge in [0.15, 0.2) is 0 Å². The average molecular weight is 179 g/mol. The van der Waals surface area contributed by atoms with Crippen molar-refractivity contribution in [2.24, 2.45) is 0 Å². The summed E-state index contributed by atoms with van der Waals surface area (Å²) < 4.78 is 0. The Bertz CT molecular complexity index is 182. The molecule has 1 heterocycles. The lowest BCUT2D eigenvalue weighted by atomic mass is 10.1. The van der Waals surface area contributed by atoms with Gasteiger partial charge in [-0.25, -0.2) is 0 Å². The molecule has 1 aliphatic heterocycles. The fourth-order valence-corrected chi connectivity index (χ4v) is 1.63. The fourth-order valence-electron chi connectivity index (χ4n) is 1.63. The zero-order valence-electron chi connectivity index (χ0n) is 8.87. The van der Waals surface area contributed by atoms with Crippen molar-refractivity contribution in [1.82, 2.24) is 4.90 Å². The second-order valence-electron chi connectivity index (χ2n) is 3.77. The van der Waals surface area contributed by atoms with Crippen LogP contribution in [0.2, 0.25) is 0 Å². The van der Waals surface area contributed by atoms with Crippen LogP contribution in [-0.2, 0) is 0 Å². The van der Waals surface area contributed by atoms with E-state index in [4.69, 9.17) is 0 Å². The van der Waals surface area contributed by atoms with Gasteiger partial charge in [-0.15, -0.1) is 0 Å². The van der Waals surface area contributed by atoms with Gasteiger partial charge >= 0.3 is 0 Å². The molecule has 0 spiro atoms. The van der Waals surface area contributed by atoms with Crippen molar-refractivity contribution in [3.8, 4) is 0 Å². The van der Waals surface area contributed by atoms with Crippen LogP contribution in [0.4, 0.5) is 0 Å². The Labute approximate surface area is 82.1 Å². The SMILES string of the molecule is CCCCCCN1C=CC=CC1C. The summed E-state index contributed by atoms with van der Waals surface area (Å²) >= 11 is 0. The van der Waals surface area contributed by atoms with Crippen molar-refractivity contribution in [2.45, 2.75) is 45.6 Å². The third-order valence-electron chi connectivity index (χ3n) is 2.57. The second kappa shape index (κ2) is 5.85. The lowest BCUT2D eigenvalue weighted by Crippen LogP contribution is -2.28. The lowest BCUT2D eigenvalue weighted by Gasteiger charge is -2.27. The van der Waals surface area contributed by atoms with E-state index >= 15 is 0 Å². The molecule has 1 unspecified atom stereocenters. The monoisotopic (exact) mass is 179 g/mol. The van der Waals surface area contributed by atoms with Crippen LogP contribution in [0.5, 0.6) is 0 Å². The third-order valence-corrected chi connectivity index (χ3v) is 2.57. The third kappa shape index (κ3) is 3.67. The maximum absolute atomic E-state index is 2.41. The second-order valence-corrected chi connectivity index (χ2v) is 3.77. The van der Waals surface area contributed by atoms with E-state index < -0.39 is 0 Å². The quantitative estimate of drug-likeness (QED) is 0.585. The molecule has 1 nitrogen and oxygen atoms in total. The summed E-state index contributed by atoms with van der Waals surface area (Å²) in [6.07, 6.45) is 14.1. The smallest absolute Gasteiger partial charge is 0.0442 e. The minimum atomic E-state index is 0.589. The number of rotatable bonds is 5. The molecular weight excluding hydrogens is 158 g/mol. The largest absolute Gasteiger partial charge is 0.371 e. The Balaban J connectivity index is 2.14. The number of nitrogens with zero attached hydrogens (tertiary/aromatic N) is 1. The van der Waals surface area contributed by atoms with E-state index in [1.807, 2.05) is 0 Å². The molecule has 0 aromatic carbocycles. The predicted molar refractivity (Wildman–Crippen MR) is 58.6 cm³/mol. The first-order chi connectivity index (χ1) is 6.34. The number of allylic oxidation sites excluding steroid dienone is 2. The van der Waals surface area contributed by atoms with Crippen LogP contribution >= 0.6 is 0 Å². The Morgan fingerprint density at radius 1 is 1.15 bits per heavy atom. The molecule has 74 valence electrons. The molecule has 1 rings (SSSR count). The highest BCUT2D eigenvalue weighted by Crippen LogP contribution is 2.09. The van der Waals surface area contributed by atoms with Crippen molar-refractivity contribution in [2.75, 3.05) is 6.54 Å². The molecule has 13 heavy (non-hydrogen) atoms. The van der Waals surface area contributed by atoms with Crippen LogP contribution in [0.3, 0.4) is 0 Å². The first-order valence-corrected chi connectivity index (χ1v) is 5.45. The van der Waals surface area contributed by atoms with Crippen LogP contribution in [0.1, 0.15) is 39.5 Å². The van der Waals surface area contributed by atoms with Gasteiger partial charge in [0, 0.05) is 12.6 Å². The van der Waals surface area contributed by atoms with Gasteiger partial charge in [0.2, 0.25) is 0 Å². The van der Waals surface area contributed by atoms with Crippen LogP contribution in [0.15, 0.2) is 24.4 Å². The van der Waals surface area contributed by atoms with Crippen molar-refractivity contribution < 1.29 is 0 Å². The van der Waals surface area contributed by atoms with Gasteiger partial charge in [-0.2, -0.15) is 0 Å². The van der Waals surface area contributed by atoms with Gasteiger partial charge < -0.3 is 4.90 Å². The molecule has 0 fully saturated rings. The summed E-state index contributed by atoms with van der Waals surface area (Å²) in [5.41, 5.74) is 0. The van der Waals surface area contributed by atoms with Gasteiger partial charge in [0.05, 0.1) is 0 Å². The number of hydrogen-bond donors (Lipinski definition) is 0. The molecule has 0 bridgehead atoms. The van der Waals surface area contributed by atoms with Crippen molar-refractivity contribution in [1.29, 1.82) is 0 Å². The highest BCUT2D eigenvalue weighted by molar-refractivity contribution is 5.11. The molecule has 0 amide bonds.